The van der Waals surface area contributed by atoms with Crippen LogP contribution in [-0.4, -0.2) is 68.6 Å². The van der Waals surface area contributed by atoms with E-state index in [0.29, 0.717) is 49.9 Å². The van der Waals surface area contributed by atoms with Crippen molar-refractivity contribution in [1.82, 2.24) is 9.80 Å². The summed E-state index contributed by atoms with van der Waals surface area (Å²) < 4.78 is 10.4. The molecule has 7 nitrogen and oxygen atoms in total. The van der Waals surface area contributed by atoms with Gasteiger partial charge in [-0.2, -0.15) is 0 Å². The summed E-state index contributed by atoms with van der Waals surface area (Å²) >= 11 is 0. The highest BCUT2D eigenvalue weighted by atomic mass is 16.5. The number of piperazine rings is 1. The number of carbonyl (C=O) groups is 2. The summed E-state index contributed by atoms with van der Waals surface area (Å²) in [6.45, 7) is 6.84. The predicted octanol–water partition coefficient (Wildman–Crippen LogP) is 1.44. The fourth-order valence-corrected chi connectivity index (χ4v) is 2.77. The van der Waals surface area contributed by atoms with E-state index in [1.165, 1.54) is 0 Å². The topological polar surface area (TPSA) is 71.1 Å². The van der Waals surface area contributed by atoms with Gasteiger partial charge in [0.05, 0.1) is 20.8 Å². The average molecular weight is 349 g/mol. The zero-order chi connectivity index (χ0) is 18.4. The minimum Gasteiger partial charge on any atom is -0.497 e. The number of hydrogen-bond donors (Lipinski definition) is 1. The number of ether oxygens (including phenoxy) is 2. The number of nitrogens with one attached hydrogen (secondary N) is 1. The first kappa shape index (κ1) is 19.1. The highest BCUT2D eigenvalue weighted by Crippen LogP contribution is 2.25. The first-order valence-corrected chi connectivity index (χ1v) is 8.47. The standard InChI is InChI=1S/C18H27N3O4/c1-13(2)18(23)21-7-5-20(6-8-21)12-17(22)19-14-9-15(24-3)11-16(10-14)25-4/h9-11,13H,5-8,12H2,1-4H3,(H,19,22). The lowest BCUT2D eigenvalue weighted by atomic mass is 10.1. The van der Waals surface area contributed by atoms with Crippen LogP contribution in [0.15, 0.2) is 18.2 Å². The van der Waals surface area contributed by atoms with Crippen molar-refractivity contribution in [3.63, 3.8) is 0 Å². The van der Waals surface area contributed by atoms with Crippen molar-refractivity contribution in [2.24, 2.45) is 5.92 Å². The average Bonchev–Trinajstić information content (AvgIpc) is 2.61. The number of amides is 2. The van der Waals surface area contributed by atoms with E-state index in [2.05, 4.69) is 10.2 Å². The molecule has 0 aliphatic carbocycles. The normalized spacial score (nSPS) is 15.2. The number of rotatable bonds is 6. The van der Waals surface area contributed by atoms with Crippen molar-refractivity contribution in [1.29, 1.82) is 0 Å². The molecule has 138 valence electrons. The van der Waals surface area contributed by atoms with Crippen LogP contribution < -0.4 is 14.8 Å². The Kier molecular flexibility index (Phi) is 6.64. The maximum absolute atomic E-state index is 12.3. The molecule has 1 heterocycles. The molecule has 25 heavy (non-hydrogen) atoms. The van der Waals surface area contributed by atoms with E-state index in [9.17, 15) is 9.59 Å². The molecule has 2 amide bonds. The molecule has 1 fully saturated rings. The third-order valence-corrected chi connectivity index (χ3v) is 4.18. The summed E-state index contributed by atoms with van der Waals surface area (Å²) in [7, 11) is 3.14. The summed E-state index contributed by atoms with van der Waals surface area (Å²) in [5.41, 5.74) is 0.634. The van der Waals surface area contributed by atoms with Crippen LogP contribution in [0.25, 0.3) is 0 Å². The molecule has 0 radical (unpaired) electrons. The first-order valence-electron chi connectivity index (χ1n) is 8.47. The Morgan fingerprint density at radius 2 is 1.60 bits per heavy atom. The number of benzene rings is 1. The van der Waals surface area contributed by atoms with Crippen molar-refractivity contribution >= 4 is 17.5 Å². The van der Waals surface area contributed by atoms with E-state index >= 15 is 0 Å². The molecule has 1 saturated heterocycles. The fourth-order valence-electron chi connectivity index (χ4n) is 2.77. The third-order valence-electron chi connectivity index (χ3n) is 4.18. The highest BCUT2D eigenvalue weighted by molar-refractivity contribution is 5.92. The van der Waals surface area contributed by atoms with E-state index in [-0.39, 0.29) is 17.7 Å². The summed E-state index contributed by atoms with van der Waals surface area (Å²) in [4.78, 5) is 28.2. The van der Waals surface area contributed by atoms with Crippen LogP contribution in [0, 0.1) is 5.92 Å². The Bertz CT molecular complexity index is 588. The van der Waals surface area contributed by atoms with Gasteiger partial charge in [-0.15, -0.1) is 0 Å². The first-order chi connectivity index (χ1) is 11.9. The molecule has 1 N–H and O–H groups in total. The predicted molar refractivity (Wildman–Crippen MR) is 96.0 cm³/mol. The Morgan fingerprint density at radius 1 is 1.04 bits per heavy atom. The van der Waals surface area contributed by atoms with Crippen LogP contribution in [0.2, 0.25) is 0 Å². The fraction of sp³-hybridized carbons (Fsp3) is 0.556. The Hall–Kier alpha value is -2.28. The second-order valence-electron chi connectivity index (χ2n) is 6.41. The number of hydrogen-bond acceptors (Lipinski definition) is 5. The van der Waals surface area contributed by atoms with Gasteiger partial charge in [-0.1, -0.05) is 13.8 Å². The van der Waals surface area contributed by atoms with E-state index in [1.807, 2.05) is 18.7 Å². The molecule has 0 unspecified atom stereocenters. The smallest absolute Gasteiger partial charge is 0.238 e. The van der Waals surface area contributed by atoms with Crippen LogP contribution in [-0.2, 0) is 9.59 Å². The molecule has 1 aliphatic rings. The van der Waals surface area contributed by atoms with Gasteiger partial charge in [-0.05, 0) is 0 Å². The van der Waals surface area contributed by atoms with Gasteiger partial charge in [0.1, 0.15) is 11.5 Å². The zero-order valence-electron chi connectivity index (χ0n) is 15.4. The molecule has 1 aliphatic heterocycles. The van der Waals surface area contributed by atoms with Gasteiger partial charge >= 0.3 is 0 Å². The Labute approximate surface area is 148 Å². The van der Waals surface area contributed by atoms with E-state index < -0.39 is 0 Å². The number of carbonyl (C=O) groups excluding carboxylic acids is 2. The van der Waals surface area contributed by atoms with E-state index in [0.717, 1.165) is 0 Å². The third kappa shape index (κ3) is 5.35. The minimum atomic E-state index is -0.0982. The van der Waals surface area contributed by atoms with Crippen molar-refractivity contribution in [2.45, 2.75) is 13.8 Å². The van der Waals surface area contributed by atoms with Crippen LogP contribution in [0.3, 0.4) is 0 Å². The molecule has 0 spiro atoms. The van der Waals surface area contributed by atoms with Gasteiger partial charge in [0, 0.05) is 56.0 Å². The van der Waals surface area contributed by atoms with Gasteiger partial charge in [0.15, 0.2) is 0 Å². The molecule has 7 heteroatoms. The lowest BCUT2D eigenvalue weighted by Crippen LogP contribution is -2.51. The SMILES string of the molecule is COc1cc(NC(=O)CN2CCN(C(=O)C(C)C)CC2)cc(OC)c1. The number of methoxy groups -OCH3 is 2. The summed E-state index contributed by atoms with van der Waals surface area (Å²) in [6.07, 6.45) is 0. The Balaban J connectivity index is 1.86. The van der Waals surface area contributed by atoms with Crippen LogP contribution in [0.5, 0.6) is 11.5 Å². The van der Waals surface area contributed by atoms with Crippen LogP contribution in [0.4, 0.5) is 5.69 Å². The molecule has 0 aromatic heterocycles. The second-order valence-corrected chi connectivity index (χ2v) is 6.41. The van der Waals surface area contributed by atoms with E-state index in [4.69, 9.17) is 9.47 Å². The van der Waals surface area contributed by atoms with Crippen molar-refractivity contribution in [3.05, 3.63) is 18.2 Å². The van der Waals surface area contributed by atoms with Gasteiger partial charge in [0.2, 0.25) is 11.8 Å². The minimum absolute atomic E-state index is 0.0119. The van der Waals surface area contributed by atoms with Crippen molar-refractivity contribution in [2.75, 3.05) is 52.3 Å². The zero-order valence-corrected chi connectivity index (χ0v) is 15.4. The highest BCUT2D eigenvalue weighted by Gasteiger charge is 2.23. The molecule has 2 rings (SSSR count). The van der Waals surface area contributed by atoms with Crippen molar-refractivity contribution in [3.8, 4) is 11.5 Å². The number of anilines is 1. The van der Waals surface area contributed by atoms with Crippen molar-refractivity contribution < 1.29 is 19.1 Å². The molecule has 1 aromatic carbocycles. The Morgan fingerprint density at radius 3 is 2.08 bits per heavy atom. The number of nitrogens with zero attached hydrogens (tertiary/aromatic N) is 2. The molecule has 1 aromatic rings. The van der Waals surface area contributed by atoms with Gasteiger partial charge < -0.3 is 19.7 Å². The van der Waals surface area contributed by atoms with Gasteiger partial charge in [-0.25, -0.2) is 0 Å². The molecule has 0 saturated carbocycles. The monoisotopic (exact) mass is 349 g/mol. The molecular weight excluding hydrogens is 322 g/mol. The summed E-state index contributed by atoms with van der Waals surface area (Å²) in [6, 6.07) is 5.25. The summed E-state index contributed by atoms with van der Waals surface area (Å²) in [5, 5.41) is 2.87. The maximum Gasteiger partial charge on any atom is 0.238 e. The molecular formula is C18H27N3O4. The maximum atomic E-state index is 12.3. The molecule has 0 atom stereocenters. The van der Waals surface area contributed by atoms with Gasteiger partial charge in [0.25, 0.3) is 0 Å². The van der Waals surface area contributed by atoms with Gasteiger partial charge in [-0.3, -0.25) is 14.5 Å². The van der Waals surface area contributed by atoms with Crippen LogP contribution in [0.1, 0.15) is 13.8 Å². The lowest BCUT2D eigenvalue weighted by Gasteiger charge is -2.35. The molecule has 0 bridgehead atoms. The second kappa shape index (κ2) is 8.71. The van der Waals surface area contributed by atoms with E-state index in [1.54, 1.807) is 32.4 Å². The quantitative estimate of drug-likeness (QED) is 0.842. The lowest BCUT2D eigenvalue weighted by molar-refractivity contribution is -0.136. The largest absolute Gasteiger partial charge is 0.497 e. The summed E-state index contributed by atoms with van der Waals surface area (Å²) in [5.74, 6) is 1.33. The van der Waals surface area contributed by atoms with Crippen LogP contribution >= 0.6 is 0 Å².